The van der Waals surface area contributed by atoms with Crippen LogP contribution in [0.2, 0.25) is 0 Å². The third-order valence-corrected chi connectivity index (χ3v) is 5.55. The minimum absolute atomic E-state index is 0.107. The molecule has 2 aromatic carbocycles. The number of ether oxygens (including phenoxy) is 1. The summed E-state index contributed by atoms with van der Waals surface area (Å²) >= 11 is 0. The molecule has 168 valence electrons. The summed E-state index contributed by atoms with van der Waals surface area (Å²) in [4.78, 5) is 38.7. The van der Waals surface area contributed by atoms with E-state index >= 15 is 0 Å². The lowest BCUT2D eigenvalue weighted by Gasteiger charge is -2.13. The summed E-state index contributed by atoms with van der Waals surface area (Å²) in [5.41, 5.74) is 4.54. The van der Waals surface area contributed by atoms with E-state index in [0.717, 1.165) is 27.4 Å². The number of rotatable bonds is 6. The lowest BCUT2D eigenvalue weighted by atomic mass is 10.1. The molecule has 1 aliphatic rings. The van der Waals surface area contributed by atoms with E-state index in [4.69, 9.17) is 4.74 Å². The zero-order chi connectivity index (χ0) is 23.5. The van der Waals surface area contributed by atoms with Gasteiger partial charge < -0.3 is 19.9 Å². The fourth-order valence-electron chi connectivity index (χ4n) is 3.67. The fraction of sp³-hybridized carbons (Fsp3) is 0.160. The van der Waals surface area contributed by atoms with Gasteiger partial charge in [-0.3, -0.25) is 9.59 Å². The number of nitrogens with one attached hydrogen (secondary N) is 2. The maximum atomic E-state index is 12.9. The minimum atomic E-state index is -0.647. The smallest absolute Gasteiger partial charge is 0.329 e. The molecule has 1 aromatic heterocycles. The Kier molecular flexibility index (Phi) is 5.99. The number of hydrogen-bond donors (Lipinski definition) is 2. The summed E-state index contributed by atoms with van der Waals surface area (Å²) in [6.07, 6.45) is 3.51. The highest BCUT2D eigenvalue weighted by atomic mass is 16.5. The first-order valence-electron chi connectivity index (χ1n) is 10.4. The van der Waals surface area contributed by atoms with Gasteiger partial charge in [0.2, 0.25) is 5.91 Å². The van der Waals surface area contributed by atoms with Crippen molar-refractivity contribution in [3.05, 3.63) is 83.3 Å². The Morgan fingerprint density at radius 1 is 1.06 bits per heavy atom. The Bertz CT molecular complexity index is 1270. The van der Waals surface area contributed by atoms with Gasteiger partial charge in [-0.1, -0.05) is 24.3 Å². The minimum Gasteiger partial charge on any atom is -0.495 e. The molecule has 0 aliphatic carbocycles. The molecule has 4 amide bonds. The van der Waals surface area contributed by atoms with E-state index in [1.165, 1.54) is 7.11 Å². The average molecular weight is 444 g/mol. The second-order valence-electron chi connectivity index (χ2n) is 7.65. The molecule has 8 heteroatoms. The third-order valence-electron chi connectivity index (χ3n) is 5.55. The second kappa shape index (κ2) is 9.04. The number of carbonyl (C=O) groups excluding carboxylic acids is 3. The number of aromatic nitrogens is 1. The number of anilines is 1. The molecular weight excluding hydrogens is 420 g/mol. The van der Waals surface area contributed by atoms with Gasteiger partial charge >= 0.3 is 6.03 Å². The van der Waals surface area contributed by atoms with E-state index in [1.54, 1.807) is 30.3 Å². The number of urea groups is 1. The number of nitrogens with zero attached hydrogens (tertiary/aromatic N) is 2. The summed E-state index contributed by atoms with van der Waals surface area (Å²) in [5.74, 6) is -0.595. The van der Waals surface area contributed by atoms with Gasteiger partial charge in [0.25, 0.3) is 5.91 Å². The van der Waals surface area contributed by atoms with Crippen molar-refractivity contribution in [2.45, 2.75) is 13.8 Å². The summed E-state index contributed by atoms with van der Waals surface area (Å²) in [7, 11) is 1.49. The average Bonchev–Trinajstić information content (AvgIpc) is 3.36. The molecule has 1 saturated heterocycles. The van der Waals surface area contributed by atoms with Gasteiger partial charge in [0.05, 0.1) is 12.8 Å². The molecule has 0 radical (unpaired) electrons. The van der Waals surface area contributed by atoms with E-state index in [1.807, 2.05) is 54.9 Å². The molecule has 0 bridgehead atoms. The number of amides is 4. The van der Waals surface area contributed by atoms with Crippen LogP contribution in [0.15, 0.2) is 66.5 Å². The first-order valence-corrected chi connectivity index (χ1v) is 10.4. The third kappa shape index (κ3) is 4.36. The normalized spacial score (nSPS) is 14.5. The van der Waals surface area contributed by atoms with Crippen molar-refractivity contribution in [2.24, 2.45) is 0 Å². The molecule has 3 aromatic rings. The monoisotopic (exact) mass is 444 g/mol. The number of benzene rings is 2. The number of para-hydroxylation sites is 2. The van der Waals surface area contributed by atoms with E-state index in [-0.39, 0.29) is 5.70 Å². The van der Waals surface area contributed by atoms with Crippen LogP contribution in [0.5, 0.6) is 5.75 Å². The molecule has 2 N–H and O–H groups in total. The Hall–Kier alpha value is -4.33. The number of carbonyl (C=O) groups is 3. The molecular formula is C25H24N4O4. The molecule has 0 spiro atoms. The van der Waals surface area contributed by atoms with Crippen LogP contribution in [0, 0.1) is 13.8 Å². The molecule has 0 unspecified atom stereocenters. The van der Waals surface area contributed by atoms with Crippen LogP contribution in [0.4, 0.5) is 10.5 Å². The number of imide groups is 1. The van der Waals surface area contributed by atoms with E-state index in [2.05, 4.69) is 10.6 Å². The van der Waals surface area contributed by atoms with Crippen molar-refractivity contribution in [1.82, 2.24) is 14.8 Å². The fourth-order valence-corrected chi connectivity index (χ4v) is 3.67. The standard InChI is InChI=1S/C25H24N4O4/c1-16-8-6-11-21(17(16)2)28-13-7-9-18(28)14-20-24(31)29(25(32)27-20)15-23(30)26-19-10-4-5-12-22(19)33-3/h4-14H,15H2,1-3H3,(H,26,30)(H,27,32)/b20-14+. The summed E-state index contributed by atoms with van der Waals surface area (Å²) in [5, 5.41) is 5.24. The van der Waals surface area contributed by atoms with Crippen molar-refractivity contribution in [2.75, 3.05) is 19.0 Å². The summed E-state index contributed by atoms with van der Waals surface area (Å²) in [6, 6.07) is 16.0. The molecule has 0 saturated carbocycles. The van der Waals surface area contributed by atoms with Gasteiger partial charge in [0, 0.05) is 17.6 Å². The molecule has 1 fully saturated rings. The van der Waals surface area contributed by atoms with Crippen LogP contribution < -0.4 is 15.4 Å². The maximum Gasteiger partial charge on any atom is 0.329 e. The largest absolute Gasteiger partial charge is 0.495 e. The maximum absolute atomic E-state index is 12.9. The molecule has 33 heavy (non-hydrogen) atoms. The second-order valence-corrected chi connectivity index (χ2v) is 7.65. The first-order chi connectivity index (χ1) is 15.9. The van der Waals surface area contributed by atoms with Gasteiger partial charge in [-0.05, 0) is 61.4 Å². The van der Waals surface area contributed by atoms with Gasteiger partial charge in [0.1, 0.15) is 18.0 Å². The SMILES string of the molecule is COc1ccccc1NC(=O)CN1C(=O)N/C(=C/c2cccn2-c2cccc(C)c2C)C1=O. The highest BCUT2D eigenvalue weighted by Gasteiger charge is 2.35. The molecule has 0 atom stereocenters. The number of aryl methyl sites for hydroxylation is 1. The zero-order valence-electron chi connectivity index (χ0n) is 18.6. The van der Waals surface area contributed by atoms with Crippen molar-refractivity contribution in [1.29, 1.82) is 0 Å². The van der Waals surface area contributed by atoms with Crippen LogP contribution in [0.1, 0.15) is 16.8 Å². The van der Waals surface area contributed by atoms with Crippen LogP contribution in [0.3, 0.4) is 0 Å². The van der Waals surface area contributed by atoms with Gasteiger partial charge in [-0.25, -0.2) is 9.69 Å². The molecule has 1 aliphatic heterocycles. The van der Waals surface area contributed by atoms with Gasteiger partial charge in [-0.15, -0.1) is 0 Å². The van der Waals surface area contributed by atoms with Crippen LogP contribution in [0.25, 0.3) is 11.8 Å². The topological polar surface area (TPSA) is 92.7 Å². The molecule has 4 rings (SSSR count). The van der Waals surface area contributed by atoms with Crippen LogP contribution in [-0.2, 0) is 9.59 Å². The van der Waals surface area contributed by atoms with Crippen molar-refractivity contribution in [3.63, 3.8) is 0 Å². The predicted molar refractivity (Wildman–Crippen MR) is 125 cm³/mol. The Morgan fingerprint density at radius 2 is 1.85 bits per heavy atom. The van der Waals surface area contributed by atoms with Crippen molar-refractivity contribution >= 4 is 29.6 Å². The quantitative estimate of drug-likeness (QED) is 0.449. The van der Waals surface area contributed by atoms with Crippen LogP contribution in [-0.4, -0.2) is 41.0 Å². The van der Waals surface area contributed by atoms with E-state index in [0.29, 0.717) is 11.4 Å². The number of methoxy groups -OCH3 is 1. The van der Waals surface area contributed by atoms with Crippen LogP contribution >= 0.6 is 0 Å². The highest BCUT2D eigenvalue weighted by Crippen LogP contribution is 2.24. The van der Waals surface area contributed by atoms with Crippen molar-refractivity contribution in [3.8, 4) is 11.4 Å². The van der Waals surface area contributed by atoms with Crippen molar-refractivity contribution < 1.29 is 19.1 Å². The lowest BCUT2D eigenvalue weighted by Crippen LogP contribution is -2.38. The van der Waals surface area contributed by atoms with Gasteiger partial charge in [0.15, 0.2) is 0 Å². The van der Waals surface area contributed by atoms with Gasteiger partial charge in [-0.2, -0.15) is 0 Å². The Morgan fingerprint density at radius 3 is 2.64 bits per heavy atom. The van der Waals surface area contributed by atoms with E-state index in [9.17, 15) is 14.4 Å². The Labute approximate surface area is 191 Å². The lowest BCUT2D eigenvalue weighted by molar-refractivity contribution is -0.127. The summed E-state index contributed by atoms with van der Waals surface area (Å²) in [6.45, 7) is 3.65. The Balaban J connectivity index is 1.53. The highest BCUT2D eigenvalue weighted by molar-refractivity contribution is 6.16. The molecule has 8 nitrogen and oxygen atoms in total. The first kappa shape index (κ1) is 21.9. The summed E-state index contributed by atoms with van der Waals surface area (Å²) < 4.78 is 7.16. The predicted octanol–water partition coefficient (Wildman–Crippen LogP) is 3.63. The van der Waals surface area contributed by atoms with E-state index < -0.39 is 24.4 Å². The molecule has 2 heterocycles. The number of hydrogen-bond acceptors (Lipinski definition) is 4. The zero-order valence-corrected chi connectivity index (χ0v) is 18.6.